The Morgan fingerprint density at radius 3 is 2.04 bits per heavy atom. The number of rotatable bonds is 5. The van der Waals surface area contributed by atoms with Gasteiger partial charge in [0.2, 0.25) is 15.6 Å². The lowest BCUT2D eigenvalue weighted by Gasteiger charge is -2.10. The Balaban J connectivity index is 2.16. The number of allylic oxidation sites excluding steroid dienone is 1. The number of hydrogen-bond acceptors (Lipinski definition) is 3. The number of hydrogen-bond donors (Lipinski definition) is 0. The summed E-state index contributed by atoms with van der Waals surface area (Å²) in [5, 5.41) is 0.491. The van der Waals surface area contributed by atoms with Gasteiger partial charge in [-0.05, 0) is 67.1 Å². The van der Waals surface area contributed by atoms with Gasteiger partial charge in [-0.1, -0.05) is 41.4 Å². The van der Waals surface area contributed by atoms with Gasteiger partial charge in [-0.15, -0.1) is 0 Å². The SMILES string of the molecule is Cc1ccc(S(=O)(=O)/C(=C\c2ccc(Cl)cc2)C(=O)c2ccc(F)cc2)cc1. The Bertz CT molecular complexity index is 1130. The number of carbonyl (C=O) groups is 1. The van der Waals surface area contributed by atoms with E-state index in [4.69, 9.17) is 11.6 Å². The zero-order valence-corrected chi connectivity index (χ0v) is 16.5. The van der Waals surface area contributed by atoms with Gasteiger partial charge in [-0.25, -0.2) is 12.8 Å². The van der Waals surface area contributed by atoms with Crippen LogP contribution < -0.4 is 0 Å². The molecule has 142 valence electrons. The van der Waals surface area contributed by atoms with Gasteiger partial charge < -0.3 is 0 Å². The van der Waals surface area contributed by atoms with Crippen LogP contribution in [0.15, 0.2) is 82.6 Å². The minimum atomic E-state index is -4.10. The fourth-order valence-electron chi connectivity index (χ4n) is 2.56. The summed E-state index contributed by atoms with van der Waals surface area (Å²) in [6, 6.07) is 17.4. The molecule has 28 heavy (non-hydrogen) atoms. The largest absolute Gasteiger partial charge is 0.288 e. The number of sulfone groups is 1. The van der Waals surface area contributed by atoms with Gasteiger partial charge in [0.1, 0.15) is 10.7 Å². The first kappa shape index (κ1) is 20.0. The lowest BCUT2D eigenvalue weighted by Crippen LogP contribution is -2.14. The first-order valence-electron chi connectivity index (χ1n) is 8.37. The van der Waals surface area contributed by atoms with Gasteiger partial charge in [0, 0.05) is 10.6 Å². The molecule has 3 nitrogen and oxygen atoms in total. The van der Waals surface area contributed by atoms with Crippen LogP contribution in [-0.2, 0) is 9.84 Å². The first-order valence-corrected chi connectivity index (χ1v) is 10.2. The van der Waals surface area contributed by atoms with Crippen LogP contribution in [0.4, 0.5) is 4.39 Å². The van der Waals surface area contributed by atoms with Gasteiger partial charge in [0.15, 0.2) is 0 Å². The van der Waals surface area contributed by atoms with Crippen molar-refractivity contribution in [3.8, 4) is 0 Å². The molecule has 0 heterocycles. The van der Waals surface area contributed by atoms with Crippen LogP contribution in [0, 0.1) is 12.7 Å². The fraction of sp³-hybridized carbons (Fsp3) is 0.0455. The molecule has 3 rings (SSSR count). The van der Waals surface area contributed by atoms with Crippen molar-refractivity contribution in [1.29, 1.82) is 0 Å². The highest BCUT2D eigenvalue weighted by atomic mass is 35.5. The molecule has 0 spiro atoms. The topological polar surface area (TPSA) is 51.2 Å². The molecule has 0 saturated heterocycles. The molecule has 0 atom stereocenters. The number of carbonyl (C=O) groups excluding carboxylic acids is 1. The van der Waals surface area contributed by atoms with Gasteiger partial charge in [-0.3, -0.25) is 4.79 Å². The molecule has 0 amide bonds. The molecule has 6 heteroatoms. The normalized spacial score (nSPS) is 12.0. The monoisotopic (exact) mass is 414 g/mol. The van der Waals surface area contributed by atoms with Crippen molar-refractivity contribution in [3.63, 3.8) is 0 Å². The Morgan fingerprint density at radius 1 is 0.893 bits per heavy atom. The fourth-order valence-corrected chi connectivity index (χ4v) is 4.09. The molecular formula is C22H16ClFO3S. The molecule has 0 fully saturated rings. The summed E-state index contributed by atoms with van der Waals surface area (Å²) in [4.78, 5) is 12.6. The van der Waals surface area contributed by atoms with E-state index >= 15 is 0 Å². The highest BCUT2D eigenvalue weighted by Gasteiger charge is 2.28. The predicted molar refractivity (Wildman–Crippen MR) is 109 cm³/mol. The van der Waals surface area contributed by atoms with Crippen molar-refractivity contribution < 1.29 is 17.6 Å². The average Bonchev–Trinajstić information content (AvgIpc) is 2.68. The van der Waals surface area contributed by atoms with Crippen molar-refractivity contribution in [3.05, 3.63) is 105 Å². The second kappa shape index (κ2) is 8.09. The number of aryl methyl sites for hydroxylation is 1. The van der Waals surface area contributed by atoms with Crippen LogP contribution in [0.25, 0.3) is 6.08 Å². The summed E-state index contributed by atoms with van der Waals surface area (Å²) in [5.74, 6) is -1.23. The minimum Gasteiger partial charge on any atom is -0.288 e. The average molecular weight is 415 g/mol. The zero-order valence-electron chi connectivity index (χ0n) is 14.9. The summed E-state index contributed by atoms with van der Waals surface area (Å²) in [5.41, 5.74) is 1.48. The first-order chi connectivity index (χ1) is 13.3. The number of benzene rings is 3. The number of Topliss-reactive ketones (excluding diaryl/α,β-unsaturated/α-hetero) is 1. The standard InChI is InChI=1S/C22H16ClFO3S/c1-15-2-12-20(13-3-15)28(26,27)21(14-16-4-8-18(23)9-5-16)22(25)17-6-10-19(24)11-7-17/h2-14H,1H3/b21-14-. The summed E-state index contributed by atoms with van der Waals surface area (Å²) < 4.78 is 39.6. The van der Waals surface area contributed by atoms with Gasteiger partial charge in [0.05, 0.1) is 4.90 Å². The quantitative estimate of drug-likeness (QED) is 0.410. The summed E-state index contributed by atoms with van der Waals surface area (Å²) in [7, 11) is -4.10. The van der Waals surface area contributed by atoms with Crippen LogP contribution in [-0.4, -0.2) is 14.2 Å². The summed E-state index contributed by atoms with van der Waals surface area (Å²) in [6.07, 6.45) is 1.30. The van der Waals surface area contributed by atoms with E-state index in [1.54, 1.807) is 36.4 Å². The summed E-state index contributed by atoms with van der Waals surface area (Å²) >= 11 is 5.88. The van der Waals surface area contributed by atoms with E-state index in [-0.39, 0.29) is 10.5 Å². The van der Waals surface area contributed by atoms with E-state index < -0.39 is 26.3 Å². The van der Waals surface area contributed by atoms with E-state index in [1.165, 1.54) is 30.3 Å². The Kier molecular flexibility index (Phi) is 5.77. The maximum Gasteiger partial charge on any atom is 0.210 e. The van der Waals surface area contributed by atoms with Crippen molar-refractivity contribution in [1.82, 2.24) is 0 Å². The molecule has 0 radical (unpaired) electrons. The van der Waals surface area contributed by atoms with Crippen LogP contribution >= 0.6 is 11.6 Å². The third kappa shape index (κ3) is 4.38. The van der Waals surface area contributed by atoms with Gasteiger partial charge in [-0.2, -0.15) is 0 Å². The van der Waals surface area contributed by atoms with Gasteiger partial charge >= 0.3 is 0 Å². The second-order valence-corrected chi connectivity index (χ2v) is 8.57. The molecule has 3 aromatic carbocycles. The van der Waals surface area contributed by atoms with Crippen LogP contribution in [0.5, 0.6) is 0 Å². The number of ketones is 1. The molecule has 0 aromatic heterocycles. The molecular weight excluding hydrogens is 399 g/mol. The lowest BCUT2D eigenvalue weighted by molar-refractivity contribution is 0.104. The van der Waals surface area contributed by atoms with Crippen molar-refractivity contribution in [2.24, 2.45) is 0 Å². The smallest absolute Gasteiger partial charge is 0.210 e. The molecule has 0 bridgehead atoms. The van der Waals surface area contributed by atoms with Crippen molar-refractivity contribution in [2.75, 3.05) is 0 Å². The highest BCUT2D eigenvalue weighted by molar-refractivity contribution is 7.96. The molecule has 0 unspecified atom stereocenters. The third-order valence-corrected chi connectivity index (χ3v) is 6.15. The zero-order chi connectivity index (χ0) is 20.3. The molecule has 0 aliphatic rings. The number of halogens is 2. The molecule has 3 aromatic rings. The molecule has 0 N–H and O–H groups in total. The van der Waals surface area contributed by atoms with Gasteiger partial charge in [0.25, 0.3) is 0 Å². The van der Waals surface area contributed by atoms with E-state index in [0.717, 1.165) is 17.7 Å². The molecule has 0 aliphatic carbocycles. The van der Waals surface area contributed by atoms with Crippen molar-refractivity contribution in [2.45, 2.75) is 11.8 Å². The van der Waals surface area contributed by atoms with E-state index in [0.29, 0.717) is 10.6 Å². The minimum absolute atomic E-state index is 0.00813. The lowest BCUT2D eigenvalue weighted by atomic mass is 10.1. The van der Waals surface area contributed by atoms with E-state index in [9.17, 15) is 17.6 Å². The third-order valence-electron chi connectivity index (χ3n) is 4.12. The maximum absolute atomic E-state index is 13.2. The summed E-state index contributed by atoms with van der Waals surface area (Å²) in [6.45, 7) is 1.84. The van der Waals surface area contributed by atoms with Crippen LogP contribution in [0.1, 0.15) is 21.5 Å². The highest BCUT2D eigenvalue weighted by Crippen LogP contribution is 2.26. The van der Waals surface area contributed by atoms with Crippen LogP contribution in [0.2, 0.25) is 5.02 Å². The van der Waals surface area contributed by atoms with Crippen molar-refractivity contribution >= 4 is 33.3 Å². The Labute approximate surface area is 168 Å². The molecule has 0 aliphatic heterocycles. The Hall–Kier alpha value is -2.76. The molecule has 0 saturated carbocycles. The van der Waals surface area contributed by atoms with E-state index in [2.05, 4.69) is 0 Å². The Morgan fingerprint density at radius 2 is 1.46 bits per heavy atom. The maximum atomic E-state index is 13.2. The van der Waals surface area contributed by atoms with E-state index in [1.807, 2.05) is 6.92 Å². The predicted octanol–water partition coefficient (Wildman–Crippen LogP) is 5.49. The second-order valence-electron chi connectivity index (χ2n) is 6.21. The van der Waals surface area contributed by atoms with Crippen LogP contribution in [0.3, 0.4) is 0 Å².